The summed E-state index contributed by atoms with van der Waals surface area (Å²) < 4.78 is 0. The van der Waals surface area contributed by atoms with Crippen LogP contribution < -0.4 is 4.90 Å². The van der Waals surface area contributed by atoms with Crippen LogP contribution in [0.25, 0.3) is 0 Å². The van der Waals surface area contributed by atoms with E-state index in [2.05, 4.69) is 30.3 Å². The summed E-state index contributed by atoms with van der Waals surface area (Å²) in [5.41, 5.74) is 3.70. The Hall–Kier alpha value is -2.09. The summed E-state index contributed by atoms with van der Waals surface area (Å²) in [5, 5.41) is 0. The number of hydrogen-bond acceptors (Lipinski definition) is 1. The molecular weight excluding hydrogens is 270 g/mol. The van der Waals surface area contributed by atoms with Gasteiger partial charge in [-0.3, -0.25) is 4.79 Å². The van der Waals surface area contributed by atoms with Gasteiger partial charge >= 0.3 is 0 Å². The summed E-state index contributed by atoms with van der Waals surface area (Å²) >= 11 is 0. The van der Waals surface area contributed by atoms with Crippen LogP contribution in [0.1, 0.15) is 42.7 Å². The topological polar surface area (TPSA) is 20.3 Å². The number of nitrogens with zero attached hydrogens (tertiary/aromatic N) is 1. The van der Waals surface area contributed by atoms with E-state index in [4.69, 9.17) is 0 Å². The van der Waals surface area contributed by atoms with Crippen LogP contribution in [-0.2, 0) is 11.3 Å². The van der Waals surface area contributed by atoms with Gasteiger partial charge in [0.15, 0.2) is 0 Å². The zero-order valence-electron chi connectivity index (χ0n) is 12.7. The number of amides is 1. The Balaban J connectivity index is 1.75. The van der Waals surface area contributed by atoms with Crippen molar-refractivity contribution in [1.82, 2.24) is 0 Å². The first-order valence-corrected chi connectivity index (χ1v) is 8.29. The summed E-state index contributed by atoms with van der Waals surface area (Å²) in [7, 11) is 0. The minimum Gasteiger partial charge on any atom is -0.307 e. The van der Waals surface area contributed by atoms with Crippen molar-refractivity contribution in [3.05, 3.63) is 65.7 Å². The Bertz CT molecular complexity index is 679. The largest absolute Gasteiger partial charge is 0.307 e. The number of benzene rings is 2. The smallest absolute Gasteiger partial charge is 0.231 e. The Morgan fingerprint density at radius 3 is 2.36 bits per heavy atom. The molecule has 2 aliphatic rings. The summed E-state index contributed by atoms with van der Waals surface area (Å²) in [6.07, 6.45) is 4.64. The highest BCUT2D eigenvalue weighted by Crippen LogP contribution is 2.46. The number of hydrogen-bond donors (Lipinski definition) is 0. The van der Waals surface area contributed by atoms with Crippen molar-refractivity contribution in [2.75, 3.05) is 4.90 Å². The highest BCUT2D eigenvalue weighted by atomic mass is 16.2. The Morgan fingerprint density at radius 1 is 0.864 bits per heavy atom. The first-order chi connectivity index (χ1) is 10.8. The molecule has 2 heteroatoms. The monoisotopic (exact) mass is 291 g/mol. The fourth-order valence-electron chi connectivity index (χ4n) is 4.09. The first kappa shape index (κ1) is 13.6. The van der Waals surface area contributed by atoms with E-state index in [1.807, 2.05) is 29.2 Å². The Labute approximate surface area is 131 Å². The molecular formula is C20H21NO. The molecule has 22 heavy (non-hydrogen) atoms. The average molecular weight is 291 g/mol. The second-order valence-electron chi connectivity index (χ2n) is 6.47. The van der Waals surface area contributed by atoms with Gasteiger partial charge in [0.25, 0.3) is 0 Å². The Morgan fingerprint density at radius 2 is 1.55 bits per heavy atom. The van der Waals surface area contributed by atoms with Gasteiger partial charge < -0.3 is 4.90 Å². The molecule has 1 amide bonds. The molecule has 112 valence electrons. The van der Waals surface area contributed by atoms with Gasteiger partial charge in [-0.15, -0.1) is 0 Å². The molecule has 0 saturated heterocycles. The quantitative estimate of drug-likeness (QED) is 0.797. The van der Waals surface area contributed by atoms with Gasteiger partial charge in [0, 0.05) is 11.6 Å². The van der Waals surface area contributed by atoms with Crippen LogP contribution in [-0.4, -0.2) is 5.91 Å². The molecule has 1 aliphatic heterocycles. The summed E-state index contributed by atoms with van der Waals surface area (Å²) in [6.45, 7) is 0.680. The molecule has 1 aliphatic carbocycles. The van der Waals surface area contributed by atoms with Gasteiger partial charge in [-0.25, -0.2) is 0 Å². The summed E-state index contributed by atoms with van der Waals surface area (Å²) in [4.78, 5) is 15.1. The molecule has 2 aromatic rings. The normalized spacial score (nSPS) is 23.8. The van der Waals surface area contributed by atoms with Crippen LogP contribution in [0.2, 0.25) is 0 Å². The molecule has 0 radical (unpaired) electrons. The summed E-state index contributed by atoms with van der Waals surface area (Å²) in [6, 6.07) is 18.8. The Kier molecular flexibility index (Phi) is 3.45. The molecule has 0 spiro atoms. The van der Waals surface area contributed by atoms with Gasteiger partial charge in [-0.05, 0) is 36.0 Å². The molecule has 4 rings (SSSR count). The maximum Gasteiger partial charge on any atom is 0.231 e. The van der Waals surface area contributed by atoms with E-state index in [9.17, 15) is 4.79 Å². The fraction of sp³-hybridized carbons (Fsp3) is 0.350. The van der Waals surface area contributed by atoms with E-state index in [0.29, 0.717) is 18.4 Å². The maximum absolute atomic E-state index is 13.1. The van der Waals surface area contributed by atoms with E-state index in [1.54, 1.807) is 0 Å². The molecule has 0 bridgehead atoms. The highest BCUT2D eigenvalue weighted by Gasteiger charge is 2.40. The van der Waals surface area contributed by atoms with Crippen molar-refractivity contribution in [2.45, 2.75) is 38.1 Å². The van der Waals surface area contributed by atoms with Crippen molar-refractivity contribution in [3.8, 4) is 0 Å². The number of rotatable bonds is 2. The van der Waals surface area contributed by atoms with Crippen LogP contribution in [0.5, 0.6) is 0 Å². The zero-order chi connectivity index (χ0) is 14.9. The minimum atomic E-state index is 0.187. The number of anilines is 1. The van der Waals surface area contributed by atoms with Crippen molar-refractivity contribution in [1.29, 1.82) is 0 Å². The second-order valence-corrected chi connectivity index (χ2v) is 6.47. The number of fused-ring (bicyclic) bond motifs is 3. The third-order valence-corrected chi connectivity index (χ3v) is 5.16. The van der Waals surface area contributed by atoms with Gasteiger partial charge in [-0.2, -0.15) is 0 Å². The van der Waals surface area contributed by atoms with Crippen molar-refractivity contribution in [2.24, 2.45) is 5.92 Å². The number of carbonyl (C=O) groups excluding carboxylic acids is 1. The molecule has 1 saturated carbocycles. The number of carbonyl (C=O) groups is 1. The van der Waals surface area contributed by atoms with Crippen LogP contribution in [0.15, 0.2) is 54.6 Å². The third-order valence-electron chi connectivity index (χ3n) is 5.16. The van der Waals surface area contributed by atoms with E-state index < -0.39 is 0 Å². The van der Waals surface area contributed by atoms with Gasteiger partial charge in [0.05, 0.1) is 6.54 Å². The lowest BCUT2D eigenvalue weighted by Crippen LogP contribution is -2.44. The molecule has 1 heterocycles. The second kappa shape index (κ2) is 5.60. The summed E-state index contributed by atoms with van der Waals surface area (Å²) in [5.74, 6) is 0.948. The predicted molar refractivity (Wildman–Crippen MR) is 88.8 cm³/mol. The van der Waals surface area contributed by atoms with Crippen molar-refractivity contribution < 1.29 is 4.79 Å². The lowest BCUT2D eigenvalue weighted by Gasteiger charge is -2.41. The lowest BCUT2D eigenvalue weighted by atomic mass is 9.72. The van der Waals surface area contributed by atoms with E-state index >= 15 is 0 Å². The standard InChI is InChI=1S/C20H21NO/c22-20-18-12-5-4-10-16(18)17-11-6-7-13-19(17)21(20)14-15-8-2-1-3-9-15/h1-3,6-9,11,13,16,18H,4-5,10,12,14H2/t16-,18+/m1/s1. The lowest BCUT2D eigenvalue weighted by molar-refractivity contribution is -0.124. The molecule has 2 nitrogen and oxygen atoms in total. The van der Waals surface area contributed by atoms with E-state index in [-0.39, 0.29) is 5.92 Å². The molecule has 2 atom stereocenters. The average Bonchev–Trinajstić information content (AvgIpc) is 2.59. The van der Waals surface area contributed by atoms with E-state index in [1.165, 1.54) is 24.0 Å². The van der Waals surface area contributed by atoms with Crippen LogP contribution in [0, 0.1) is 5.92 Å². The van der Waals surface area contributed by atoms with Gasteiger partial charge in [-0.1, -0.05) is 61.4 Å². The van der Waals surface area contributed by atoms with Crippen molar-refractivity contribution >= 4 is 11.6 Å². The zero-order valence-corrected chi connectivity index (χ0v) is 12.7. The van der Waals surface area contributed by atoms with Gasteiger partial charge in [0.2, 0.25) is 5.91 Å². The van der Waals surface area contributed by atoms with Crippen LogP contribution in [0.3, 0.4) is 0 Å². The third kappa shape index (κ3) is 2.23. The van der Waals surface area contributed by atoms with E-state index in [0.717, 1.165) is 18.5 Å². The predicted octanol–water partition coefficient (Wildman–Crippen LogP) is 4.51. The first-order valence-electron chi connectivity index (χ1n) is 8.29. The van der Waals surface area contributed by atoms with Crippen LogP contribution >= 0.6 is 0 Å². The highest BCUT2D eigenvalue weighted by molar-refractivity contribution is 5.99. The number of para-hydroxylation sites is 1. The molecule has 1 fully saturated rings. The molecule has 2 aromatic carbocycles. The SMILES string of the molecule is O=C1[C@H]2CCCC[C@@H]2c2ccccc2N1Cc1ccccc1. The fourth-order valence-corrected chi connectivity index (χ4v) is 4.09. The van der Waals surface area contributed by atoms with Crippen LogP contribution in [0.4, 0.5) is 5.69 Å². The van der Waals surface area contributed by atoms with Crippen molar-refractivity contribution in [3.63, 3.8) is 0 Å². The minimum absolute atomic E-state index is 0.187. The molecule has 0 aromatic heterocycles. The maximum atomic E-state index is 13.1. The molecule has 0 unspecified atom stereocenters. The molecule has 0 N–H and O–H groups in total. The van der Waals surface area contributed by atoms with Gasteiger partial charge in [0.1, 0.15) is 0 Å².